The van der Waals surface area contributed by atoms with Gasteiger partial charge in [-0.25, -0.2) is 4.98 Å². The van der Waals surface area contributed by atoms with E-state index in [4.69, 9.17) is 4.98 Å². The maximum Gasteiger partial charge on any atom is 0.388 e. The summed E-state index contributed by atoms with van der Waals surface area (Å²) in [6.45, 7) is -0.588. The zero-order chi connectivity index (χ0) is 38.4. The molecule has 3 heterocycles. The van der Waals surface area contributed by atoms with Crippen molar-refractivity contribution in [2.75, 3.05) is 14.2 Å². The predicted molar refractivity (Wildman–Crippen MR) is 249 cm³/mol. The Morgan fingerprint density at radius 3 is 1.36 bits per heavy atom. The molecule has 1 fully saturated rings. The second-order valence-electron chi connectivity index (χ2n) is 14.8. The van der Waals surface area contributed by atoms with E-state index in [1.807, 2.05) is 0 Å². The first-order valence-electron chi connectivity index (χ1n) is 19.8. The molecule has 9 heteroatoms. The van der Waals surface area contributed by atoms with Crippen molar-refractivity contribution in [3.8, 4) is 11.1 Å². The lowest BCUT2D eigenvalue weighted by molar-refractivity contribution is 1.29. The number of aromatic nitrogens is 2. The normalized spacial score (nSPS) is 13.3. The molecule has 10 aromatic rings. The first-order chi connectivity index (χ1) is 28.8. The van der Waals surface area contributed by atoms with Crippen molar-refractivity contribution in [1.29, 1.82) is 0 Å². The molecule has 2 aromatic heterocycles. The Kier molecular flexibility index (Phi) is 8.59. The molecule has 0 bridgehead atoms. The van der Waals surface area contributed by atoms with Crippen molar-refractivity contribution >= 4 is 91.9 Å². The molecule has 0 atom stereocenters. The molecule has 0 spiro atoms. The minimum Gasteiger partial charge on any atom is -0.416 e. The number of imidazole rings is 1. The van der Waals surface area contributed by atoms with Gasteiger partial charge in [0.1, 0.15) is 0 Å². The van der Waals surface area contributed by atoms with E-state index < -0.39 is 0 Å². The lowest BCUT2D eigenvalue weighted by Crippen LogP contribution is -2.86. The summed E-state index contributed by atoms with van der Waals surface area (Å²) < 4.78 is 11.4. The monoisotopic (exact) mass is 759 g/mol. The van der Waals surface area contributed by atoms with Crippen LogP contribution in [0.25, 0.3) is 37.3 Å². The van der Waals surface area contributed by atoms with Gasteiger partial charge in [-0.2, -0.15) is 0 Å². The Balaban J connectivity index is 1.19. The number of hydrogen-bond donors (Lipinski definition) is 0. The van der Waals surface area contributed by atoms with Gasteiger partial charge in [-0.15, -0.1) is 0 Å². The predicted octanol–water partition coefficient (Wildman–Crippen LogP) is 9.39. The van der Waals surface area contributed by atoms with Crippen LogP contribution in [-0.4, -0.2) is 30.3 Å². The second-order valence-corrected chi connectivity index (χ2v) is 15.7. The fourth-order valence-corrected chi connectivity index (χ4v) is 10.1. The second kappa shape index (κ2) is 14.5. The molecule has 0 unspecified atom stereocenters. The molecule has 11 rings (SSSR count). The Morgan fingerprint density at radius 1 is 0.379 bits per heavy atom. The number of anilines is 3. The van der Waals surface area contributed by atoms with Gasteiger partial charge >= 0.3 is 20.9 Å². The van der Waals surface area contributed by atoms with E-state index >= 15 is 0 Å². The van der Waals surface area contributed by atoms with Crippen LogP contribution in [0, 0.1) is 0 Å². The smallest absolute Gasteiger partial charge is 0.388 e. The topological polar surface area (TPSA) is 27.0 Å². The van der Waals surface area contributed by atoms with Gasteiger partial charge in [-0.05, 0) is 76.5 Å². The van der Waals surface area contributed by atoms with Gasteiger partial charge in [0, 0.05) is 22.6 Å². The molecule has 8 aromatic carbocycles. The quantitative estimate of drug-likeness (QED) is 0.152. The Labute approximate surface area is 343 Å². The van der Waals surface area contributed by atoms with Gasteiger partial charge in [-0.3, -0.25) is 4.40 Å². The number of rotatable bonds is 7. The summed E-state index contributed by atoms with van der Waals surface area (Å²) in [5.74, 6) is 0. The Morgan fingerprint density at radius 2 is 0.810 bits per heavy atom. The highest BCUT2D eigenvalue weighted by molar-refractivity contribution is 7.24. The number of benzene rings is 8. The van der Waals surface area contributed by atoms with E-state index in [1.165, 1.54) is 37.7 Å². The molecule has 0 N–H and O–H groups in total. The number of para-hydroxylation sites is 4. The number of fused-ring (bicyclic) bond motifs is 5. The van der Waals surface area contributed by atoms with Gasteiger partial charge < -0.3 is 14.2 Å². The summed E-state index contributed by atoms with van der Waals surface area (Å²) in [7, 11) is 0. The molecule has 0 saturated carbocycles. The summed E-state index contributed by atoms with van der Waals surface area (Å²) >= 11 is 1.76. The summed E-state index contributed by atoms with van der Waals surface area (Å²) in [5, 5.41) is 0. The SMILES string of the molecule is c1ccc(B2N(c3ccccc3)B(c3ccccc3)N(c3cccc(-c4cccc5c4sc4nc6ccccc6n45)c3)B(c3ccccc3)N2c2ccccc2)cc1. The van der Waals surface area contributed by atoms with E-state index in [9.17, 15) is 0 Å². The number of hydrogen-bond acceptors (Lipinski definition) is 5. The molecule has 1 aliphatic rings. The van der Waals surface area contributed by atoms with Crippen LogP contribution < -0.4 is 30.6 Å². The van der Waals surface area contributed by atoms with E-state index in [0.29, 0.717) is 0 Å². The minimum absolute atomic E-state index is 0.174. The summed E-state index contributed by atoms with van der Waals surface area (Å²) in [6, 6.07) is 79.2. The van der Waals surface area contributed by atoms with Crippen molar-refractivity contribution in [3.05, 3.63) is 218 Å². The van der Waals surface area contributed by atoms with Gasteiger partial charge in [0.05, 0.1) is 21.3 Å². The lowest BCUT2D eigenvalue weighted by atomic mass is 9.37. The van der Waals surface area contributed by atoms with Gasteiger partial charge in [0.15, 0.2) is 4.96 Å². The highest BCUT2D eigenvalue weighted by atomic mass is 32.1. The molecule has 0 amide bonds. The fourth-order valence-electron chi connectivity index (χ4n) is 8.96. The zero-order valence-corrected chi connectivity index (χ0v) is 32.5. The van der Waals surface area contributed by atoms with Crippen LogP contribution in [0.5, 0.6) is 0 Å². The van der Waals surface area contributed by atoms with Crippen molar-refractivity contribution in [3.63, 3.8) is 0 Å². The van der Waals surface area contributed by atoms with Crippen molar-refractivity contribution < 1.29 is 0 Å². The van der Waals surface area contributed by atoms with Gasteiger partial charge in [-0.1, -0.05) is 175 Å². The molecular formula is C49H36B3N5S. The average molecular weight is 759 g/mol. The molecule has 58 heavy (non-hydrogen) atoms. The molecule has 0 radical (unpaired) electrons. The van der Waals surface area contributed by atoms with E-state index in [1.54, 1.807) is 11.3 Å². The average Bonchev–Trinajstić information content (AvgIpc) is 3.86. The third-order valence-corrected chi connectivity index (χ3v) is 12.5. The van der Waals surface area contributed by atoms with Gasteiger partial charge in [0.25, 0.3) is 0 Å². The van der Waals surface area contributed by atoms with Crippen molar-refractivity contribution in [2.24, 2.45) is 0 Å². The highest BCUT2D eigenvalue weighted by Gasteiger charge is 2.55. The third kappa shape index (κ3) is 5.77. The van der Waals surface area contributed by atoms with Crippen LogP contribution in [0.15, 0.2) is 218 Å². The van der Waals surface area contributed by atoms with E-state index in [-0.39, 0.29) is 20.9 Å². The fraction of sp³-hybridized carbons (Fsp3) is 0. The van der Waals surface area contributed by atoms with Crippen LogP contribution in [0.2, 0.25) is 0 Å². The van der Waals surface area contributed by atoms with Crippen LogP contribution >= 0.6 is 11.3 Å². The third-order valence-electron chi connectivity index (χ3n) is 11.4. The van der Waals surface area contributed by atoms with Gasteiger partial charge in [0.2, 0.25) is 0 Å². The summed E-state index contributed by atoms with van der Waals surface area (Å²) in [4.78, 5) is 6.04. The standard InChI is InChI=1S/C49H36B3N5S/c1-6-21-38(22-7-1)50-55(41-27-12-4-13-28-41)51(39-23-8-2-9-24-39)57(52(40-25-10-3-11-26-40)56(50)42-29-14-5-15-30-42)43-31-18-20-37(36-43)44-32-19-35-47-48(44)58-49-53-45-33-16-17-34-46(45)54(47)49/h1-36H. The van der Waals surface area contributed by atoms with Crippen molar-refractivity contribution in [2.45, 2.75) is 0 Å². The van der Waals surface area contributed by atoms with Crippen LogP contribution in [-0.2, 0) is 0 Å². The molecule has 5 nitrogen and oxygen atoms in total. The zero-order valence-electron chi connectivity index (χ0n) is 31.7. The minimum atomic E-state index is -0.207. The highest BCUT2D eigenvalue weighted by Crippen LogP contribution is 2.40. The Hall–Kier alpha value is -6.96. The van der Waals surface area contributed by atoms with Crippen LogP contribution in [0.4, 0.5) is 17.1 Å². The van der Waals surface area contributed by atoms with Crippen LogP contribution in [0.1, 0.15) is 0 Å². The molecule has 1 aliphatic heterocycles. The maximum absolute atomic E-state index is 5.03. The number of thiazole rings is 1. The van der Waals surface area contributed by atoms with Crippen LogP contribution in [0.3, 0.4) is 0 Å². The largest absolute Gasteiger partial charge is 0.416 e. The Bertz CT molecular complexity index is 2910. The molecule has 0 aliphatic carbocycles. The van der Waals surface area contributed by atoms with Crippen molar-refractivity contribution in [1.82, 2.24) is 9.38 Å². The lowest BCUT2D eigenvalue weighted by Gasteiger charge is -2.57. The summed E-state index contributed by atoms with van der Waals surface area (Å²) in [6.07, 6.45) is 0. The molecule has 1 saturated heterocycles. The first-order valence-corrected chi connectivity index (χ1v) is 20.6. The summed E-state index contributed by atoms with van der Waals surface area (Å²) in [5.41, 5.74) is 12.7. The van der Waals surface area contributed by atoms with E-state index in [2.05, 4.69) is 237 Å². The molecule has 272 valence electrons. The maximum atomic E-state index is 5.03. The van der Waals surface area contributed by atoms with E-state index in [0.717, 1.165) is 33.1 Å². The number of nitrogens with zero attached hydrogens (tertiary/aromatic N) is 5. The first kappa shape index (κ1) is 34.3. The molecular weight excluding hydrogens is 723 g/mol.